The van der Waals surface area contributed by atoms with Gasteiger partial charge in [-0.3, -0.25) is 4.79 Å². The van der Waals surface area contributed by atoms with Crippen molar-refractivity contribution in [2.24, 2.45) is 0 Å². The minimum Gasteiger partial charge on any atom is -0.464 e. The van der Waals surface area contributed by atoms with Crippen molar-refractivity contribution in [3.05, 3.63) is 52.4 Å². The highest BCUT2D eigenvalue weighted by molar-refractivity contribution is 7.89. The molecule has 6 nitrogen and oxygen atoms in total. The van der Waals surface area contributed by atoms with Crippen LogP contribution in [0.1, 0.15) is 35.7 Å². The van der Waals surface area contributed by atoms with E-state index in [0.717, 1.165) is 5.76 Å². The molecule has 0 saturated heterocycles. The van der Waals surface area contributed by atoms with E-state index in [4.69, 9.17) is 16.0 Å². The minimum absolute atomic E-state index is 0.0312. The zero-order chi connectivity index (χ0) is 19.6. The van der Waals surface area contributed by atoms with E-state index in [0.29, 0.717) is 5.76 Å². The van der Waals surface area contributed by atoms with E-state index in [1.165, 1.54) is 34.5 Å². The molecule has 0 spiro atoms. The first-order chi connectivity index (χ1) is 12.0. The number of hydrogen-bond donors (Lipinski definition) is 0. The average molecular weight is 399 g/mol. The number of hydrogen-bond acceptors (Lipinski definition) is 4. The molecule has 26 heavy (non-hydrogen) atoms. The molecule has 0 atom stereocenters. The average Bonchev–Trinajstić information content (AvgIpc) is 2.98. The van der Waals surface area contributed by atoms with E-state index in [1.807, 2.05) is 13.0 Å². The summed E-state index contributed by atoms with van der Waals surface area (Å²) in [6, 6.07) is 7.56. The van der Waals surface area contributed by atoms with Crippen molar-refractivity contribution in [2.75, 3.05) is 14.1 Å². The van der Waals surface area contributed by atoms with Crippen molar-refractivity contribution in [3.8, 4) is 0 Å². The molecule has 1 amide bonds. The van der Waals surface area contributed by atoms with Crippen LogP contribution in [0.5, 0.6) is 0 Å². The fourth-order valence-electron chi connectivity index (χ4n) is 2.35. The van der Waals surface area contributed by atoms with Crippen molar-refractivity contribution >= 4 is 27.5 Å². The van der Waals surface area contributed by atoms with Gasteiger partial charge in [0.05, 0.1) is 22.0 Å². The van der Waals surface area contributed by atoms with Gasteiger partial charge in [0.1, 0.15) is 11.5 Å². The molecule has 0 aliphatic rings. The summed E-state index contributed by atoms with van der Waals surface area (Å²) in [5, 5.41) is 0.198. The second-order valence-electron chi connectivity index (χ2n) is 6.43. The highest BCUT2D eigenvalue weighted by Crippen LogP contribution is 2.25. The molecule has 8 heteroatoms. The Morgan fingerprint density at radius 3 is 2.38 bits per heavy atom. The molecule has 1 heterocycles. The largest absolute Gasteiger partial charge is 0.464 e. The van der Waals surface area contributed by atoms with E-state index < -0.39 is 10.0 Å². The van der Waals surface area contributed by atoms with E-state index in [-0.39, 0.29) is 34.0 Å². The first-order valence-corrected chi connectivity index (χ1v) is 9.94. The maximum atomic E-state index is 12.8. The number of rotatable bonds is 6. The number of amides is 1. The van der Waals surface area contributed by atoms with E-state index in [2.05, 4.69) is 0 Å². The lowest BCUT2D eigenvalue weighted by Gasteiger charge is -2.22. The molecule has 1 aromatic carbocycles. The highest BCUT2D eigenvalue weighted by atomic mass is 35.5. The minimum atomic E-state index is -3.71. The number of carbonyl (C=O) groups excluding carboxylic acids is 1. The molecule has 0 radical (unpaired) electrons. The summed E-state index contributed by atoms with van der Waals surface area (Å²) in [6.07, 6.45) is 0. The van der Waals surface area contributed by atoms with Crippen LogP contribution >= 0.6 is 11.6 Å². The first kappa shape index (κ1) is 20.5. The lowest BCUT2D eigenvalue weighted by Crippen LogP contribution is -2.33. The van der Waals surface area contributed by atoms with E-state index in [9.17, 15) is 13.2 Å². The van der Waals surface area contributed by atoms with Gasteiger partial charge in [0.2, 0.25) is 10.0 Å². The van der Waals surface area contributed by atoms with Crippen LogP contribution in [0.25, 0.3) is 0 Å². The lowest BCUT2D eigenvalue weighted by atomic mass is 10.2. The van der Waals surface area contributed by atoms with E-state index in [1.54, 1.807) is 27.0 Å². The summed E-state index contributed by atoms with van der Waals surface area (Å²) in [5.41, 5.74) is 0.135. The van der Waals surface area contributed by atoms with Crippen molar-refractivity contribution < 1.29 is 17.6 Å². The fourth-order valence-corrected chi connectivity index (χ4v) is 3.95. The van der Waals surface area contributed by atoms with Gasteiger partial charge in [-0.05, 0) is 51.1 Å². The normalized spacial score (nSPS) is 12.0. The molecule has 2 aromatic rings. The van der Waals surface area contributed by atoms with Crippen LogP contribution in [0.15, 0.2) is 39.6 Å². The van der Waals surface area contributed by atoms with Gasteiger partial charge in [0, 0.05) is 20.1 Å². The summed E-state index contributed by atoms with van der Waals surface area (Å²) in [6.45, 7) is 5.63. The Bertz CT molecular complexity index is 906. The summed E-state index contributed by atoms with van der Waals surface area (Å²) in [4.78, 5) is 14.2. The quantitative estimate of drug-likeness (QED) is 0.746. The van der Waals surface area contributed by atoms with Crippen LogP contribution in [0, 0.1) is 6.92 Å². The predicted octanol–water partition coefficient (Wildman–Crippen LogP) is 3.54. The molecule has 0 saturated carbocycles. The Morgan fingerprint density at radius 1 is 1.19 bits per heavy atom. The monoisotopic (exact) mass is 398 g/mol. The Kier molecular flexibility index (Phi) is 6.16. The molecule has 0 aliphatic carbocycles. The van der Waals surface area contributed by atoms with Crippen molar-refractivity contribution in [3.63, 3.8) is 0 Å². The van der Waals surface area contributed by atoms with Crippen LogP contribution in [0.2, 0.25) is 5.02 Å². The Morgan fingerprint density at radius 2 is 1.85 bits per heavy atom. The smallest absolute Gasteiger partial charge is 0.255 e. The number of aryl methyl sites for hydroxylation is 1. The third-order valence-electron chi connectivity index (χ3n) is 4.11. The van der Waals surface area contributed by atoms with Gasteiger partial charge in [-0.15, -0.1) is 0 Å². The van der Waals surface area contributed by atoms with Gasteiger partial charge in [0.15, 0.2) is 0 Å². The third-order valence-corrected chi connectivity index (χ3v) is 6.47. The molecule has 0 unspecified atom stereocenters. The predicted molar refractivity (Wildman–Crippen MR) is 101 cm³/mol. The van der Waals surface area contributed by atoms with E-state index >= 15 is 0 Å². The van der Waals surface area contributed by atoms with Crippen LogP contribution in [0.4, 0.5) is 0 Å². The molecule has 0 fully saturated rings. The number of benzene rings is 1. The molecular formula is C18H23ClN2O4S. The summed E-state index contributed by atoms with van der Waals surface area (Å²) >= 11 is 6.16. The van der Waals surface area contributed by atoms with Crippen molar-refractivity contribution in [1.29, 1.82) is 0 Å². The summed E-state index contributed by atoms with van der Waals surface area (Å²) in [5.74, 6) is 1.01. The van der Waals surface area contributed by atoms with Gasteiger partial charge in [-0.2, -0.15) is 4.31 Å². The number of sulfonamides is 1. The topological polar surface area (TPSA) is 70.8 Å². The van der Waals surface area contributed by atoms with Crippen LogP contribution in [-0.2, 0) is 16.6 Å². The zero-order valence-corrected chi connectivity index (χ0v) is 17.1. The van der Waals surface area contributed by atoms with Crippen molar-refractivity contribution in [2.45, 2.75) is 38.3 Å². The molecule has 0 N–H and O–H groups in total. The molecule has 0 aliphatic heterocycles. The van der Waals surface area contributed by atoms with Gasteiger partial charge in [-0.1, -0.05) is 11.6 Å². The van der Waals surface area contributed by atoms with Gasteiger partial charge in [-0.25, -0.2) is 8.42 Å². The second kappa shape index (κ2) is 7.82. The highest BCUT2D eigenvalue weighted by Gasteiger charge is 2.26. The molecule has 2 rings (SSSR count). The van der Waals surface area contributed by atoms with Gasteiger partial charge in [0.25, 0.3) is 5.91 Å². The van der Waals surface area contributed by atoms with Crippen molar-refractivity contribution in [1.82, 2.24) is 9.21 Å². The number of furan rings is 1. The SMILES string of the molecule is Cc1ccc(CN(C)C(=O)c2cc(S(=O)(=O)N(C)C(C)C)ccc2Cl)o1. The molecule has 0 bridgehead atoms. The zero-order valence-electron chi connectivity index (χ0n) is 15.5. The summed E-state index contributed by atoms with van der Waals surface area (Å²) in [7, 11) is -0.596. The lowest BCUT2D eigenvalue weighted by molar-refractivity contribution is 0.0775. The number of nitrogens with zero attached hydrogens (tertiary/aromatic N) is 2. The second-order valence-corrected chi connectivity index (χ2v) is 8.83. The Balaban J connectivity index is 2.33. The third kappa shape index (κ3) is 4.28. The van der Waals surface area contributed by atoms with Gasteiger partial charge < -0.3 is 9.32 Å². The molecule has 142 valence electrons. The van der Waals surface area contributed by atoms with Gasteiger partial charge >= 0.3 is 0 Å². The van der Waals surface area contributed by atoms with Crippen LogP contribution < -0.4 is 0 Å². The maximum absolute atomic E-state index is 12.8. The summed E-state index contributed by atoms with van der Waals surface area (Å²) < 4.78 is 32.1. The first-order valence-electron chi connectivity index (χ1n) is 8.12. The molecular weight excluding hydrogens is 376 g/mol. The molecule has 1 aromatic heterocycles. The Labute approximate surface area is 159 Å². The maximum Gasteiger partial charge on any atom is 0.255 e. The number of carbonyl (C=O) groups is 1. The fraction of sp³-hybridized carbons (Fsp3) is 0.389. The Hall–Kier alpha value is -1.83. The standard InChI is InChI=1S/C18H23ClN2O4S/c1-12(2)21(5)26(23,24)15-8-9-17(19)16(10-15)18(22)20(4)11-14-7-6-13(3)25-14/h6-10,12H,11H2,1-5H3. The van der Waals surface area contributed by atoms with Crippen LogP contribution in [0.3, 0.4) is 0 Å². The van der Waals surface area contributed by atoms with Crippen LogP contribution in [-0.4, -0.2) is 43.7 Å². The number of halogens is 1.